The summed E-state index contributed by atoms with van der Waals surface area (Å²) in [6.45, 7) is 4.72. The first kappa shape index (κ1) is 34.8. The van der Waals surface area contributed by atoms with E-state index in [0.29, 0.717) is 17.6 Å². The SMILES string of the molecule is CC1(C)c2ccccc2-c2cc3c4ccccc4n(-c4cc(-c5ccccc5)cc(-c5nc(C6=CCCC7CC=CC=C67)nc(-c6cccc7ccccc67)n5)c4)c3cc21. The van der Waals surface area contributed by atoms with Crippen LogP contribution in [0.5, 0.6) is 0 Å². The maximum Gasteiger partial charge on any atom is 0.164 e. The lowest BCUT2D eigenvalue weighted by atomic mass is 9.79. The van der Waals surface area contributed by atoms with Gasteiger partial charge in [-0.1, -0.05) is 153 Å². The minimum atomic E-state index is -0.131. The second kappa shape index (κ2) is 13.4. The molecule has 0 amide bonds. The zero-order chi connectivity index (χ0) is 40.0. The molecule has 0 aliphatic heterocycles. The van der Waals surface area contributed by atoms with E-state index >= 15 is 0 Å². The minimum absolute atomic E-state index is 0.131. The van der Waals surface area contributed by atoms with Crippen molar-refractivity contribution in [1.29, 1.82) is 0 Å². The molecule has 0 N–H and O–H groups in total. The Morgan fingerprint density at radius 1 is 0.550 bits per heavy atom. The van der Waals surface area contributed by atoms with E-state index in [1.54, 1.807) is 0 Å². The van der Waals surface area contributed by atoms with Gasteiger partial charge in [-0.05, 0) is 111 Å². The Kier molecular flexibility index (Phi) is 7.80. The monoisotopic (exact) mass is 770 g/mol. The normalized spacial score (nSPS) is 16.4. The molecule has 4 heteroatoms. The van der Waals surface area contributed by atoms with Gasteiger partial charge in [-0.15, -0.1) is 0 Å². The van der Waals surface area contributed by atoms with Crippen LogP contribution in [0, 0.1) is 5.92 Å². The average molecular weight is 771 g/mol. The number of allylic oxidation sites excluding steroid dienone is 6. The highest BCUT2D eigenvalue weighted by molar-refractivity contribution is 6.12. The maximum absolute atomic E-state index is 5.43. The molecule has 9 aromatic rings. The topological polar surface area (TPSA) is 43.6 Å². The largest absolute Gasteiger partial charge is 0.309 e. The predicted molar refractivity (Wildman–Crippen MR) is 248 cm³/mol. The van der Waals surface area contributed by atoms with Gasteiger partial charge in [-0.3, -0.25) is 0 Å². The standard InChI is InChI=1S/C56H42N4/c1-56(2)49-28-12-10-24-43(49)47-33-48-44-25-11-13-29-51(44)60(52(48)34-50(47)56)40-31-38(35-16-4-3-5-17-35)30-39(32-40)53-57-54(45-26-14-20-36-18-6-8-22-41(36)45)59-55(58-53)46-27-15-21-37-19-7-9-23-42(37)46/h3-14,16-18,20,22-34,37H,15,19,21H2,1-2H3. The van der Waals surface area contributed by atoms with Gasteiger partial charge in [-0.25, -0.2) is 15.0 Å². The highest BCUT2D eigenvalue weighted by Gasteiger charge is 2.36. The van der Waals surface area contributed by atoms with Gasteiger partial charge in [-0.2, -0.15) is 0 Å². The summed E-state index contributed by atoms with van der Waals surface area (Å²) in [6, 6.07) is 55.1. The first-order valence-corrected chi connectivity index (χ1v) is 21.2. The van der Waals surface area contributed by atoms with Crippen molar-refractivity contribution in [2.75, 3.05) is 0 Å². The van der Waals surface area contributed by atoms with Crippen LogP contribution in [0.2, 0.25) is 0 Å². The minimum Gasteiger partial charge on any atom is -0.309 e. The van der Waals surface area contributed by atoms with E-state index in [1.807, 2.05) is 0 Å². The van der Waals surface area contributed by atoms with Gasteiger partial charge < -0.3 is 4.57 Å². The zero-order valence-electron chi connectivity index (χ0n) is 33.7. The van der Waals surface area contributed by atoms with E-state index in [-0.39, 0.29) is 5.41 Å². The third kappa shape index (κ3) is 5.40. The summed E-state index contributed by atoms with van der Waals surface area (Å²) in [5.41, 5.74) is 15.3. The third-order valence-corrected chi connectivity index (χ3v) is 13.3. The van der Waals surface area contributed by atoms with E-state index in [0.717, 1.165) is 69.4 Å². The predicted octanol–water partition coefficient (Wildman–Crippen LogP) is 14.1. The number of rotatable bonds is 5. The molecule has 60 heavy (non-hydrogen) atoms. The Labute approximate surface area is 349 Å². The molecular formula is C56H42N4. The van der Waals surface area contributed by atoms with Crippen LogP contribution in [-0.4, -0.2) is 19.5 Å². The van der Waals surface area contributed by atoms with Crippen molar-refractivity contribution in [3.63, 3.8) is 0 Å². The van der Waals surface area contributed by atoms with Crippen LogP contribution in [0.3, 0.4) is 0 Å². The molecule has 1 atom stereocenters. The molecule has 3 aliphatic rings. The van der Waals surface area contributed by atoms with Gasteiger partial charge in [0.2, 0.25) is 0 Å². The van der Waals surface area contributed by atoms with Crippen molar-refractivity contribution in [2.45, 2.75) is 38.5 Å². The maximum atomic E-state index is 5.43. The summed E-state index contributed by atoms with van der Waals surface area (Å²) in [5.74, 6) is 2.55. The molecule has 0 fully saturated rings. The molecule has 12 rings (SSSR count). The number of nitrogens with zero attached hydrogens (tertiary/aromatic N) is 4. The summed E-state index contributed by atoms with van der Waals surface area (Å²) in [6.07, 6.45) is 12.3. The van der Waals surface area contributed by atoms with E-state index in [4.69, 9.17) is 15.0 Å². The van der Waals surface area contributed by atoms with Crippen LogP contribution >= 0.6 is 0 Å². The van der Waals surface area contributed by atoms with Crippen molar-refractivity contribution < 1.29 is 0 Å². The molecule has 1 unspecified atom stereocenters. The second-order valence-electron chi connectivity index (χ2n) is 17.1. The van der Waals surface area contributed by atoms with Crippen LogP contribution in [0.1, 0.15) is 50.1 Å². The molecule has 0 bridgehead atoms. The highest BCUT2D eigenvalue weighted by atomic mass is 15.0. The first-order chi connectivity index (χ1) is 29.5. The molecule has 286 valence electrons. The van der Waals surface area contributed by atoms with Crippen LogP contribution < -0.4 is 0 Å². The van der Waals surface area contributed by atoms with Crippen LogP contribution in [-0.2, 0) is 5.41 Å². The van der Waals surface area contributed by atoms with E-state index in [2.05, 4.69) is 194 Å². The Morgan fingerprint density at radius 2 is 1.28 bits per heavy atom. The molecule has 3 aliphatic carbocycles. The van der Waals surface area contributed by atoms with Crippen molar-refractivity contribution in [2.24, 2.45) is 5.92 Å². The van der Waals surface area contributed by atoms with Crippen molar-refractivity contribution in [3.8, 4) is 50.7 Å². The zero-order valence-corrected chi connectivity index (χ0v) is 33.7. The summed E-state index contributed by atoms with van der Waals surface area (Å²) in [5, 5.41) is 4.77. The lowest BCUT2D eigenvalue weighted by Gasteiger charge is -2.27. The fourth-order valence-corrected chi connectivity index (χ4v) is 10.3. The lowest BCUT2D eigenvalue weighted by molar-refractivity contribution is 0.569. The van der Waals surface area contributed by atoms with Crippen molar-refractivity contribution >= 4 is 38.2 Å². The number of para-hydroxylation sites is 1. The van der Waals surface area contributed by atoms with Crippen LogP contribution in [0.25, 0.3) is 88.9 Å². The molecule has 0 saturated heterocycles. The van der Waals surface area contributed by atoms with Crippen molar-refractivity contribution in [1.82, 2.24) is 19.5 Å². The number of benzene rings is 7. The molecular weight excluding hydrogens is 729 g/mol. The van der Waals surface area contributed by atoms with E-state index < -0.39 is 0 Å². The molecule has 7 aromatic carbocycles. The molecule has 4 nitrogen and oxygen atoms in total. The summed E-state index contributed by atoms with van der Waals surface area (Å²) in [7, 11) is 0. The molecule has 0 radical (unpaired) electrons. The molecule has 2 heterocycles. The lowest BCUT2D eigenvalue weighted by Crippen LogP contribution is -2.15. The Hall–Kier alpha value is -7.17. The summed E-state index contributed by atoms with van der Waals surface area (Å²) < 4.78 is 2.46. The van der Waals surface area contributed by atoms with Gasteiger partial charge in [0.15, 0.2) is 17.5 Å². The number of hydrogen-bond donors (Lipinski definition) is 0. The van der Waals surface area contributed by atoms with Gasteiger partial charge in [0.05, 0.1) is 11.0 Å². The van der Waals surface area contributed by atoms with Crippen LogP contribution in [0.15, 0.2) is 182 Å². The Balaban J connectivity index is 1.13. The highest BCUT2D eigenvalue weighted by Crippen LogP contribution is 2.51. The quantitative estimate of drug-likeness (QED) is 0.175. The van der Waals surface area contributed by atoms with Gasteiger partial charge in [0.1, 0.15) is 0 Å². The Morgan fingerprint density at radius 3 is 2.20 bits per heavy atom. The molecule has 0 spiro atoms. The smallest absolute Gasteiger partial charge is 0.164 e. The van der Waals surface area contributed by atoms with Gasteiger partial charge >= 0.3 is 0 Å². The van der Waals surface area contributed by atoms with Crippen LogP contribution in [0.4, 0.5) is 0 Å². The van der Waals surface area contributed by atoms with Gasteiger partial charge in [0.25, 0.3) is 0 Å². The summed E-state index contributed by atoms with van der Waals surface area (Å²) >= 11 is 0. The number of fused-ring (bicyclic) bond motifs is 8. The average Bonchev–Trinajstić information content (AvgIpc) is 3.75. The number of aromatic nitrogens is 4. The summed E-state index contributed by atoms with van der Waals surface area (Å²) in [4.78, 5) is 16.2. The number of hydrogen-bond acceptors (Lipinski definition) is 3. The first-order valence-electron chi connectivity index (χ1n) is 21.2. The van der Waals surface area contributed by atoms with E-state index in [1.165, 1.54) is 49.6 Å². The van der Waals surface area contributed by atoms with Gasteiger partial charge in [0, 0.05) is 38.6 Å². The van der Waals surface area contributed by atoms with E-state index in [9.17, 15) is 0 Å². The fourth-order valence-electron chi connectivity index (χ4n) is 10.3. The molecule has 0 saturated carbocycles. The third-order valence-electron chi connectivity index (χ3n) is 13.3. The van der Waals surface area contributed by atoms with Crippen molar-refractivity contribution in [3.05, 3.63) is 198 Å². The molecule has 2 aromatic heterocycles. The Bertz CT molecular complexity index is 3320. The second-order valence-corrected chi connectivity index (χ2v) is 17.1. The fraction of sp³-hybridized carbons (Fsp3) is 0.125.